The summed E-state index contributed by atoms with van der Waals surface area (Å²) in [5.41, 5.74) is 2.30. The molecule has 3 N–H and O–H groups in total. The number of rotatable bonds is 5. The standard InChI is InChI=1S/C19H23N3O2S.ClH/c1-12(2)13-3-5-14(6-4-13)17(23)22-19-16(8-10-25-19)18(24)21-15-7-9-20-11-15;/h3-6,8,10,12,15,20H,7,9,11H2,1-2H3,(H,21,24)(H,22,23);1H. The molecule has 1 aliphatic rings. The van der Waals surface area contributed by atoms with Gasteiger partial charge >= 0.3 is 0 Å². The summed E-state index contributed by atoms with van der Waals surface area (Å²) < 4.78 is 0. The average molecular weight is 394 g/mol. The SMILES string of the molecule is CC(C)c1ccc(C(=O)Nc2sccc2C(=O)NC2CCNC2)cc1.Cl. The van der Waals surface area contributed by atoms with Crippen molar-refractivity contribution in [1.82, 2.24) is 10.6 Å². The minimum absolute atomic E-state index is 0. The van der Waals surface area contributed by atoms with Gasteiger partial charge in [0.1, 0.15) is 5.00 Å². The summed E-state index contributed by atoms with van der Waals surface area (Å²) in [6.07, 6.45) is 0.930. The van der Waals surface area contributed by atoms with Gasteiger partial charge in [0.05, 0.1) is 5.56 Å². The summed E-state index contributed by atoms with van der Waals surface area (Å²) in [6, 6.07) is 9.48. The van der Waals surface area contributed by atoms with Gasteiger partial charge in [0.15, 0.2) is 0 Å². The molecule has 7 heteroatoms. The first kappa shape index (κ1) is 20.4. The van der Waals surface area contributed by atoms with E-state index in [0.29, 0.717) is 22.0 Å². The Labute approximate surface area is 164 Å². The van der Waals surface area contributed by atoms with Gasteiger partial charge in [-0.2, -0.15) is 0 Å². The zero-order valence-corrected chi connectivity index (χ0v) is 16.5. The molecule has 1 aliphatic heterocycles. The Morgan fingerprint density at radius 3 is 2.50 bits per heavy atom. The molecule has 0 spiro atoms. The molecule has 1 unspecified atom stereocenters. The molecule has 1 fully saturated rings. The van der Waals surface area contributed by atoms with E-state index in [1.165, 1.54) is 16.9 Å². The van der Waals surface area contributed by atoms with Gasteiger partial charge in [-0.15, -0.1) is 23.7 Å². The Kier molecular flexibility index (Phi) is 7.20. The fourth-order valence-electron chi connectivity index (χ4n) is 2.82. The summed E-state index contributed by atoms with van der Waals surface area (Å²) in [6.45, 7) is 5.95. The van der Waals surface area contributed by atoms with E-state index in [9.17, 15) is 9.59 Å². The van der Waals surface area contributed by atoms with Gasteiger partial charge in [0.2, 0.25) is 0 Å². The highest BCUT2D eigenvalue weighted by molar-refractivity contribution is 7.14. The van der Waals surface area contributed by atoms with Crippen LogP contribution in [0.25, 0.3) is 0 Å². The minimum atomic E-state index is -0.200. The zero-order valence-electron chi connectivity index (χ0n) is 14.9. The number of hydrogen-bond acceptors (Lipinski definition) is 4. The number of carbonyl (C=O) groups excluding carboxylic acids is 2. The van der Waals surface area contributed by atoms with Crippen LogP contribution in [0.4, 0.5) is 5.00 Å². The monoisotopic (exact) mass is 393 g/mol. The smallest absolute Gasteiger partial charge is 0.256 e. The molecule has 26 heavy (non-hydrogen) atoms. The lowest BCUT2D eigenvalue weighted by atomic mass is 10.0. The van der Waals surface area contributed by atoms with Crippen LogP contribution in [-0.2, 0) is 0 Å². The van der Waals surface area contributed by atoms with Crippen LogP contribution in [0.15, 0.2) is 35.7 Å². The van der Waals surface area contributed by atoms with Crippen LogP contribution in [-0.4, -0.2) is 30.9 Å². The van der Waals surface area contributed by atoms with Gasteiger partial charge in [-0.1, -0.05) is 26.0 Å². The molecule has 2 aromatic rings. The van der Waals surface area contributed by atoms with Gasteiger partial charge in [-0.25, -0.2) is 0 Å². The largest absolute Gasteiger partial charge is 0.348 e. The maximum absolute atomic E-state index is 12.5. The summed E-state index contributed by atoms with van der Waals surface area (Å²) in [5.74, 6) is 0.0875. The highest BCUT2D eigenvalue weighted by Gasteiger charge is 2.21. The average Bonchev–Trinajstić information content (AvgIpc) is 3.26. The van der Waals surface area contributed by atoms with Crippen molar-refractivity contribution in [3.05, 3.63) is 52.4 Å². The van der Waals surface area contributed by atoms with Crippen molar-refractivity contribution < 1.29 is 9.59 Å². The number of anilines is 1. The van der Waals surface area contributed by atoms with Crippen molar-refractivity contribution in [1.29, 1.82) is 0 Å². The van der Waals surface area contributed by atoms with Crippen LogP contribution >= 0.6 is 23.7 Å². The topological polar surface area (TPSA) is 70.2 Å². The number of halogens is 1. The first-order valence-electron chi connectivity index (χ1n) is 8.55. The third kappa shape index (κ3) is 4.84. The molecule has 0 radical (unpaired) electrons. The maximum atomic E-state index is 12.5. The molecule has 140 valence electrons. The number of thiophene rings is 1. The predicted octanol–water partition coefficient (Wildman–Crippen LogP) is 3.64. The Morgan fingerprint density at radius 2 is 1.88 bits per heavy atom. The van der Waals surface area contributed by atoms with Gasteiger partial charge in [0.25, 0.3) is 11.8 Å². The van der Waals surface area contributed by atoms with Crippen molar-refractivity contribution in [2.24, 2.45) is 0 Å². The highest BCUT2D eigenvalue weighted by atomic mass is 35.5. The van der Waals surface area contributed by atoms with Gasteiger partial charge < -0.3 is 16.0 Å². The van der Waals surface area contributed by atoms with Crippen LogP contribution < -0.4 is 16.0 Å². The molecular formula is C19H24ClN3O2S. The summed E-state index contributed by atoms with van der Waals surface area (Å²) >= 11 is 1.36. The lowest BCUT2D eigenvalue weighted by Gasteiger charge is -2.12. The van der Waals surface area contributed by atoms with Crippen LogP contribution in [0.5, 0.6) is 0 Å². The van der Waals surface area contributed by atoms with E-state index < -0.39 is 0 Å². The summed E-state index contributed by atoms with van der Waals surface area (Å²) in [7, 11) is 0. The van der Waals surface area contributed by atoms with E-state index in [4.69, 9.17) is 0 Å². The van der Waals surface area contributed by atoms with E-state index in [1.807, 2.05) is 29.6 Å². The van der Waals surface area contributed by atoms with E-state index >= 15 is 0 Å². The molecule has 0 saturated carbocycles. The summed E-state index contributed by atoms with van der Waals surface area (Å²) in [5, 5.41) is 11.5. The molecule has 1 aromatic heterocycles. The number of hydrogen-bond donors (Lipinski definition) is 3. The Bertz CT molecular complexity index is 752. The lowest BCUT2D eigenvalue weighted by Crippen LogP contribution is -2.36. The maximum Gasteiger partial charge on any atom is 0.256 e. The molecular weight excluding hydrogens is 370 g/mol. The molecule has 1 aromatic carbocycles. The number of amides is 2. The van der Waals surface area contributed by atoms with Crippen LogP contribution in [0.2, 0.25) is 0 Å². The minimum Gasteiger partial charge on any atom is -0.348 e. The van der Waals surface area contributed by atoms with Crippen molar-refractivity contribution in [3.8, 4) is 0 Å². The molecule has 2 heterocycles. The van der Waals surface area contributed by atoms with Crippen molar-refractivity contribution in [2.75, 3.05) is 18.4 Å². The second-order valence-corrected chi connectivity index (χ2v) is 7.47. The van der Waals surface area contributed by atoms with Crippen LogP contribution in [0.3, 0.4) is 0 Å². The molecule has 2 amide bonds. The first-order chi connectivity index (χ1) is 12.0. The van der Waals surface area contributed by atoms with Crippen LogP contribution in [0, 0.1) is 0 Å². The Morgan fingerprint density at radius 1 is 1.15 bits per heavy atom. The second kappa shape index (κ2) is 9.16. The second-order valence-electron chi connectivity index (χ2n) is 6.56. The highest BCUT2D eigenvalue weighted by Crippen LogP contribution is 2.24. The third-order valence-corrected chi connectivity index (χ3v) is 5.20. The van der Waals surface area contributed by atoms with Crippen molar-refractivity contribution in [2.45, 2.75) is 32.2 Å². The fourth-order valence-corrected chi connectivity index (χ4v) is 3.60. The van der Waals surface area contributed by atoms with Gasteiger partial charge in [-0.05, 0) is 48.0 Å². The van der Waals surface area contributed by atoms with E-state index in [-0.39, 0.29) is 30.3 Å². The molecule has 1 atom stereocenters. The van der Waals surface area contributed by atoms with Gasteiger partial charge in [-0.3, -0.25) is 9.59 Å². The molecule has 3 rings (SSSR count). The first-order valence-corrected chi connectivity index (χ1v) is 9.43. The van der Waals surface area contributed by atoms with E-state index in [0.717, 1.165) is 19.5 Å². The Balaban J connectivity index is 0.00000243. The lowest BCUT2D eigenvalue weighted by molar-refractivity contribution is 0.0941. The van der Waals surface area contributed by atoms with Crippen molar-refractivity contribution >= 4 is 40.6 Å². The van der Waals surface area contributed by atoms with Gasteiger partial charge in [0, 0.05) is 18.2 Å². The quantitative estimate of drug-likeness (QED) is 0.726. The molecule has 5 nitrogen and oxygen atoms in total. The third-order valence-electron chi connectivity index (χ3n) is 4.37. The van der Waals surface area contributed by atoms with E-state index in [1.54, 1.807) is 6.07 Å². The molecule has 1 saturated heterocycles. The van der Waals surface area contributed by atoms with Crippen LogP contribution in [0.1, 0.15) is 52.5 Å². The summed E-state index contributed by atoms with van der Waals surface area (Å²) in [4.78, 5) is 24.9. The number of nitrogens with one attached hydrogen (secondary N) is 3. The zero-order chi connectivity index (χ0) is 17.8. The fraction of sp³-hybridized carbons (Fsp3) is 0.368. The van der Waals surface area contributed by atoms with E-state index in [2.05, 4.69) is 29.8 Å². The number of benzene rings is 1. The predicted molar refractivity (Wildman–Crippen MR) is 109 cm³/mol. The normalized spacial score (nSPS) is 16.2. The Hall–Kier alpha value is -1.89. The number of carbonyl (C=O) groups is 2. The molecule has 0 aliphatic carbocycles. The molecule has 0 bridgehead atoms. The van der Waals surface area contributed by atoms with Crippen molar-refractivity contribution in [3.63, 3.8) is 0 Å².